The molecular weight excluding hydrogens is 188 g/mol. The van der Waals surface area contributed by atoms with E-state index >= 15 is 0 Å². The smallest absolute Gasteiger partial charge is 0.00247 e. The fraction of sp³-hybridized carbons (Fsp3) is 0.538. The Morgan fingerprint density at radius 2 is 1.86 bits per heavy atom. The van der Waals surface area contributed by atoms with Crippen LogP contribution < -0.4 is 0 Å². The lowest BCUT2D eigenvalue weighted by atomic mass is 9.83. The molecule has 0 bridgehead atoms. The van der Waals surface area contributed by atoms with Crippen LogP contribution in [0.15, 0.2) is 24.3 Å². The van der Waals surface area contributed by atoms with Gasteiger partial charge in [-0.05, 0) is 41.6 Å². The maximum absolute atomic E-state index is 2.38. The molecule has 1 fully saturated rings. The first-order valence-corrected chi connectivity index (χ1v) is 6.51. The minimum absolute atomic E-state index is 0.633. The molecule has 0 radical (unpaired) electrons. The fourth-order valence-electron chi connectivity index (χ4n) is 3.07. The zero-order valence-electron chi connectivity index (χ0n) is 8.62. The lowest BCUT2D eigenvalue weighted by molar-refractivity contribution is 0.344. The Balaban J connectivity index is 1.91. The Labute approximate surface area is 90.1 Å². The molecule has 0 nitrogen and oxygen atoms in total. The predicted molar refractivity (Wildman–Crippen MR) is 62.8 cm³/mol. The van der Waals surface area contributed by atoms with Crippen LogP contribution in [0.4, 0.5) is 0 Å². The van der Waals surface area contributed by atoms with Gasteiger partial charge in [-0.2, -0.15) is 11.8 Å². The molecule has 1 aromatic rings. The number of thioether (sulfide) groups is 1. The molecule has 1 saturated heterocycles. The molecule has 1 aliphatic carbocycles. The molecule has 0 aromatic heterocycles. The number of hydrogen-bond donors (Lipinski definition) is 0. The topological polar surface area (TPSA) is 0 Å². The molecule has 3 rings (SSSR count). The summed E-state index contributed by atoms with van der Waals surface area (Å²) in [5.41, 5.74) is 3.86. The van der Waals surface area contributed by atoms with Gasteiger partial charge in [-0.1, -0.05) is 31.2 Å². The summed E-state index contributed by atoms with van der Waals surface area (Å²) < 4.78 is 0. The van der Waals surface area contributed by atoms with Crippen molar-refractivity contribution in [2.24, 2.45) is 5.41 Å². The van der Waals surface area contributed by atoms with Crippen molar-refractivity contribution in [1.82, 2.24) is 0 Å². The Bertz CT molecular complexity index is 331. The van der Waals surface area contributed by atoms with Gasteiger partial charge in [0.1, 0.15) is 0 Å². The third kappa shape index (κ3) is 1.30. The average Bonchev–Trinajstić information content (AvgIpc) is 2.69. The van der Waals surface area contributed by atoms with E-state index in [1.807, 2.05) is 0 Å². The number of hydrogen-bond acceptors (Lipinski definition) is 1. The first-order chi connectivity index (χ1) is 6.77. The standard InChI is InChI=1S/C13H16S/c1-10-6-13(9-14-10)7-11-4-2-3-5-12(11)8-13/h2-5,10H,6-9H2,1H3. The Morgan fingerprint density at radius 3 is 2.36 bits per heavy atom. The monoisotopic (exact) mass is 204 g/mol. The van der Waals surface area contributed by atoms with Crippen molar-refractivity contribution in [3.8, 4) is 0 Å². The maximum Gasteiger partial charge on any atom is 0.00247 e. The van der Waals surface area contributed by atoms with Gasteiger partial charge in [-0.3, -0.25) is 0 Å². The maximum atomic E-state index is 2.38. The van der Waals surface area contributed by atoms with Crippen LogP contribution in [0.25, 0.3) is 0 Å². The van der Waals surface area contributed by atoms with E-state index < -0.39 is 0 Å². The van der Waals surface area contributed by atoms with Crippen LogP contribution in [0, 0.1) is 5.41 Å². The third-order valence-corrected chi connectivity index (χ3v) is 5.16. The summed E-state index contributed by atoms with van der Waals surface area (Å²) in [5, 5.41) is 0.879. The van der Waals surface area contributed by atoms with E-state index in [-0.39, 0.29) is 0 Å². The summed E-state index contributed by atoms with van der Waals surface area (Å²) in [6.45, 7) is 2.38. The number of benzene rings is 1. The third-order valence-electron chi connectivity index (χ3n) is 3.64. The number of fused-ring (bicyclic) bond motifs is 1. The van der Waals surface area contributed by atoms with E-state index in [1.54, 1.807) is 11.1 Å². The van der Waals surface area contributed by atoms with Gasteiger partial charge in [-0.25, -0.2) is 0 Å². The van der Waals surface area contributed by atoms with Gasteiger partial charge >= 0.3 is 0 Å². The molecular formula is C13H16S. The van der Waals surface area contributed by atoms with E-state index in [1.165, 1.54) is 25.0 Å². The van der Waals surface area contributed by atoms with Crippen LogP contribution in [0.5, 0.6) is 0 Å². The molecule has 1 unspecified atom stereocenters. The van der Waals surface area contributed by atoms with E-state index in [2.05, 4.69) is 43.0 Å². The van der Waals surface area contributed by atoms with Gasteiger partial charge in [0, 0.05) is 5.25 Å². The van der Waals surface area contributed by atoms with Crippen LogP contribution in [-0.2, 0) is 12.8 Å². The summed E-state index contributed by atoms with van der Waals surface area (Å²) >= 11 is 2.16. The van der Waals surface area contributed by atoms with Crippen molar-refractivity contribution >= 4 is 11.8 Å². The lowest BCUT2D eigenvalue weighted by Crippen LogP contribution is -2.20. The van der Waals surface area contributed by atoms with Crippen LogP contribution in [0.3, 0.4) is 0 Å². The van der Waals surface area contributed by atoms with Gasteiger partial charge in [0.2, 0.25) is 0 Å². The van der Waals surface area contributed by atoms with Gasteiger partial charge in [0.15, 0.2) is 0 Å². The molecule has 1 aromatic carbocycles. The highest BCUT2D eigenvalue weighted by Crippen LogP contribution is 2.49. The summed E-state index contributed by atoms with van der Waals surface area (Å²) in [5.74, 6) is 1.38. The highest BCUT2D eigenvalue weighted by atomic mass is 32.2. The van der Waals surface area contributed by atoms with Crippen LogP contribution in [0.2, 0.25) is 0 Å². The molecule has 0 N–H and O–H groups in total. The summed E-state index contributed by atoms with van der Waals surface area (Å²) in [4.78, 5) is 0. The van der Waals surface area contributed by atoms with Crippen molar-refractivity contribution in [3.63, 3.8) is 0 Å². The molecule has 0 saturated carbocycles. The van der Waals surface area contributed by atoms with E-state index in [4.69, 9.17) is 0 Å². The summed E-state index contributed by atoms with van der Waals surface area (Å²) in [6.07, 6.45) is 4.09. The van der Waals surface area contributed by atoms with Crippen LogP contribution in [0.1, 0.15) is 24.5 Å². The molecule has 74 valence electrons. The molecule has 0 amide bonds. The van der Waals surface area contributed by atoms with Gasteiger partial charge in [0.25, 0.3) is 0 Å². The molecule has 14 heavy (non-hydrogen) atoms. The van der Waals surface area contributed by atoms with E-state index in [0.717, 1.165) is 5.25 Å². The lowest BCUT2D eigenvalue weighted by Gasteiger charge is -2.21. The normalized spacial score (nSPS) is 28.2. The van der Waals surface area contributed by atoms with Crippen molar-refractivity contribution in [2.75, 3.05) is 5.75 Å². The van der Waals surface area contributed by atoms with E-state index in [0.29, 0.717) is 5.41 Å². The minimum Gasteiger partial charge on any atom is -0.158 e. The molecule has 2 aliphatic rings. The fourth-order valence-corrected chi connectivity index (χ4v) is 4.50. The zero-order chi connectivity index (χ0) is 9.60. The van der Waals surface area contributed by atoms with Gasteiger partial charge < -0.3 is 0 Å². The largest absolute Gasteiger partial charge is 0.158 e. The minimum atomic E-state index is 0.633. The second kappa shape index (κ2) is 3.03. The van der Waals surface area contributed by atoms with Crippen LogP contribution in [-0.4, -0.2) is 11.0 Å². The zero-order valence-corrected chi connectivity index (χ0v) is 9.44. The first-order valence-electron chi connectivity index (χ1n) is 5.46. The Morgan fingerprint density at radius 1 is 1.21 bits per heavy atom. The summed E-state index contributed by atoms with van der Waals surface area (Å²) in [6, 6.07) is 9.00. The Hall–Kier alpha value is -0.430. The molecule has 1 aliphatic heterocycles. The molecule has 1 heteroatoms. The second-order valence-electron chi connectivity index (χ2n) is 4.95. The van der Waals surface area contributed by atoms with Crippen molar-refractivity contribution < 1.29 is 0 Å². The SMILES string of the molecule is CC1CC2(CS1)Cc1ccccc1C2. The number of rotatable bonds is 0. The summed E-state index contributed by atoms with van der Waals surface area (Å²) in [7, 11) is 0. The highest BCUT2D eigenvalue weighted by Gasteiger charge is 2.42. The highest BCUT2D eigenvalue weighted by molar-refractivity contribution is 8.00. The van der Waals surface area contributed by atoms with Crippen molar-refractivity contribution in [1.29, 1.82) is 0 Å². The van der Waals surface area contributed by atoms with Gasteiger partial charge in [0.05, 0.1) is 0 Å². The van der Waals surface area contributed by atoms with Crippen molar-refractivity contribution in [2.45, 2.75) is 31.4 Å². The van der Waals surface area contributed by atoms with Crippen molar-refractivity contribution in [3.05, 3.63) is 35.4 Å². The van der Waals surface area contributed by atoms with Gasteiger partial charge in [-0.15, -0.1) is 0 Å². The molecule has 1 atom stereocenters. The second-order valence-corrected chi connectivity index (χ2v) is 6.37. The quantitative estimate of drug-likeness (QED) is 0.625. The molecule has 1 heterocycles. The first kappa shape index (κ1) is 8.84. The average molecular weight is 204 g/mol. The predicted octanol–water partition coefficient (Wildman–Crippen LogP) is 3.30. The molecule has 1 spiro atoms. The Kier molecular flexibility index (Phi) is 1.91. The van der Waals surface area contributed by atoms with E-state index in [9.17, 15) is 0 Å². The van der Waals surface area contributed by atoms with Crippen LogP contribution >= 0.6 is 11.8 Å².